The van der Waals surface area contributed by atoms with E-state index in [-0.39, 0.29) is 30.4 Å². The fourth-order valence-electron chi connectivity index (χ4n) is 8.14. The van der Waals surface area contributed by atoms with Crippen LogP contribution in [0, 0.1) is 11.8 Å². The van der Waals surface area contributed by atoms with Gasteiger partial charge in [0, 0.05) is 12.6 Å². The molecule has 1 aliphatic carbocycles. The van der Waals surface area contributed by atoms with Crippen LogP contribution in [0.3, 0.4) is 0 Å². The van der Waals surface area contributed by atoms with Gasteiger partial charge >= 0.3 is 0 Å². The van der Waals surface area contributed by atoms with Crippen molar-refractivity contribution in [2.24, 2.45) is 11.8 Å². The maximum Gasteiger partial charge on any atom is 0.246 e. The van der Waals surface area contributed by atoms with E-state index in [2.05, 4.69) is 10.6 Å². The van der Waals surface area contributed by atoms with Gasteiger partial charge in [0.05, 0.1) is 30.1 Å². The lowest BCUT2D eigenvalue weighted by atomic mass is 9.65. The lowest BCUT2D eigenvalue weighted by Crippen LogP contribution is -2.57. The zero-order valence-corrected chi connectivity index (χ0v) is 23.8. The van der Waals surface area contributed by atoms with Crippen molar-refractivity contribution in [3.8, 4) is 0 Å². The number of ether oxygens (including phenoxy) is 1. The van der Waals surface area contributed by atoms with E-state index >= 15 is 0 Å². The van der Waals surface area contributed by atoms with Crippen LogP contribution in [0.25, 0.3) is 0 Å². The molecule has 218 valence electrons. The highest BCUT2D eigenvalue weighted by atomic mass is 16.5. The summed E-state index contributed by atoms with van der Waals surface area (Å²) < 4.78 is 6.89. The molecule has 1 spiro atoms. The summed E-state index contributed by atoms with van der Waals surface area (Å²) in [5.41, 5.74) is -0.209. The molecule has 8 heteroatoms. The molecule has 3 saturated heterocycles. The molecule has 4 aliphatic rings. The monoisotopic (exact) mass is 559 g/mol. The van der Waals surface area contributed by atoms with Crippen LogP contribution in [0.15, 0.2) is 60.7 Å². The molecular weight excluding hydrogens is 518 g/mol. The third-order valence-electron chi connectivity index (χ3n) is 10.1. The summed E-state index contributed by atoms with van der Waals surface area (Å²) in [6.45, 7) is 2.01. The molecule has 3 aliphatic heterocycles. The molecule has 3 heterocycles. The second-order valence-electron chi connectivity index (χ2n) is 12.2. The van der Waals surface area contributed by atoms with E-state index in [0.717, 1.165) is 43.2 Å². The first-order valence-corrected chi connectivity index (χ1v) is 15.2. The average Bonchev–Trinajstić information content (AvgIpc) is 3.62. The van der Waals surface area contributed by atoms with Gasteiger partial charge in [-0.3, -0.25) is 14.4 Å². The molecule has 0 aromatic heterocycles. The molecule has 2 unspecified atom stereocenters. The van der Waals surface area contributed by atoms with Crippen LogP contribution in [0.1, 0.15) is 75.5 Å². The van der Waals surface area contributed by atoms with Crippen LogP contribution in [0.5, 0.6) is 0 Å². The molecule has 3 N–H and O–H groups in total. The minimum Gasteiger partial charge on any atom is -0.394 e. The van der Waals surface area contributed by atoms with E-state index in [1.54, 1.807) is 4.90 Å². The highest BCUT2D eigenvalue weighted by molar-refractivity contribution is 5.99. The van der Waals surface area contributed by atoms with Crippen molar-refractivity contribution in [2.45, 2.75) is 94.2 Å². The Morgan fingerprint density at radius 1 is 1.00 bits per heavy atom. The molecule has 6 rings (SSSR count). The number of hydrogen-bond donors (Lipinski definition) is 3. The van der Waals surface area contributed by atoms with Gasteiger partial charge in [-0.15, -0.1) is 0 Å². The third-order valence-corrected chi connectivity index (χ3v) is 10.1. The standard InChI is InChI=1S/C33H41N3O5/c1-2-32-18-19-33(41-32)27(26(32)29(38)34-20-22-12-6-3-7-13-22)31(40)36(25(21-37)23-14-8-4-9-15-23)28(33)30(39)35-24-16-10-5-11-17-24/h3-4,6-9,12-15,24-28,37H,2,5,10-11,16-21H2,1H3,(H,34,38)(H,35,39)/t25-,26-,27+,28?,32+,33?/m1/s1. The SMILES string of the molecule is CC[C@@]12CCC3(O1)C(C(=O)NC1CCCCC1)N([C@H](CO)c1ccccc1)C(=O)[C@@H]3[C@@H]2C(=O)NCc1ccccc1. The lowest BCUT2D eigenvalue weighted by molar-refractivity contribution is -0.151. The smallest absolute Gasteiger partial charge is 0.246 e. The van der Waals surface area contributed by atoms with Gasteiger partial charge in [0.2, 0.25) is 17.7 Å². The fourth-order valence-corrected chi connectivity index (χ4v) is 8.14. The number of likely N-dealkylation sites (tertiary alicyclic amines) is 1. The summed E-state index contributed by atoms with van der Waals surface area (Å²) in [5.74, 6) is -2.26. The maximum atomic E-state index is 14.6. The highest BCUT2D eigenvalue weighted by Crippen LogP contribution is 2.65. The molecule has 3 amide bonds. The van der Waals surface area contributed by atoms with Gasteiger partial charge in [-0.1, -0.05) is 86.8 Å². The van der Waals surface area contributed by atoms with Crippen LogP contribution in [-0.4, -0.2) is 57.6 Å². The number of nitrogens with one attached hydrogen (secondary N) is 2. The molecule has 4 fully saturated rings. The van der Waals surface area contributed by atoms with Gasteiger partial charge in [-0.2, -0.15) is 0 Å². The first kappa shape index (κ1) is 27.9. The first-order valence-electron chi connectivity index (χ1n) is 15.2. The van der Waals surface area contributed by atoms with Crippen LogP contribution in [0.2, 0.25) is 0 Å². The Hall–Kier alpha value is -3.23. The van der Waals surface area contributed by atoms with Crippen molar-refractivity contribution in [1.29, 1.82) is 0 Å². The van der Waals surface area contributed by atoms with Gasteiger partial charge in [-0.25, -0.2) is 0 Å². The van der Waals surface area contributed by atoms with Gasteiger partial charge in [0.15, 0.2) is 0 Å². The molecule has 8 nitrogen and oxygen atoms in total. The summed E-state index contributed by atoms with van der Waals surface area (Å²) in [7, 11) is 0. The lowest BCUT2D eigenvalue weighted by Gasteiger charge is -2.38. The van der Waals surface area contributed by atoms with E-state index in [4.69, 9.17) is 4.74 Å². The fraction of sp³-hybridized carbons (Fsp3) is 0.545. The van der Waals surface area contributed by atoms with Crippen molar-refractivity contribution in [1.82, 2.24) is 15.5 Å². The van der Waals surface area contributed by atoms with Gasteiger partial charge < -0.3 is 25.4 Å². The average molecular weight is 560 g/mol. The zero-order chi connectivity index (χ0) is 28.6. The van der Waals surface area contributed by atoms with Gasteiger partial charge in [-0.05, 0) is 43.2 Å². The van der Waals surface area contributed by atoms with Crippen LogP contribution < -0.4 is 10.6 Å². The zero-order valence-electron chi connectivity index (χ0n) is 23.8. The minimum atomic E-state index is -1.12. The summed E-state index contributed by atoms with van der Waals surface area (Å²) in [5, 5.41) is 17.0. The Kier molecular flexibility index (Phi) is 7.64. The molecular formula is C33H41N3O5. The molecule has 2 bridgehead atoms. The Morgan fingerprint density at radius 3 is 2.34 bits per heavy atom. The summed E-state index contributed by atoms with van der Waals surface area (Å²) in [6.07, 6.45) is 6.81. The van der Waals surface area contributed by atoms with E-state index in [1.165, 1.54) is 0 Å². The predicted octanol–water partition coefficient (Wildman–Crippen LogP) is 3.64. The first-order chi connectivity index (χ1) is 19.9. The number of nitrogens with zero attached hydrogens (tertiary/aromatic N) is 1. The number of benzene rings is 2. The molecule has 6 atom stereocenters. The van der Waals surface area contributed by atoms with Gasteiger partial charge in [0.25, 0.3) is 0 Å². The number of aliphatic hydroxyl groups is 1. The molecule has 1 saturated carbocycles. The number of amides is 3. The Labute approximate surface area is 241 Å². The molecule has 0 radical (unpaired) electrons. The molecule has 2 aromatic rings. The maximum absolute atomic E-state index is 14.6. The van der Waals surface area contributed by atoms with E-state index in [9.17, 15) is 19.5 Å². The number of hydrogen-bond acceptors (Lipinski definition) is 5. The van der Waals surface area contributed by atoms with Crippen molar-refractivity contribution >= 4 is 17.7 Å². The number of carbonyl (C=O) groups excluding carboxylic acids is 3. The largest absolute Gasteiger partial charge is 0.394 e. The van der Waals surface area contributed by atoms with E-state index in [1.807, 2.05) is 67.6 Å². The summed E-state index contributed by atoms with van der Waals surface area (Å²) in [4.78, 5) is 44.3. The highest BCUT2D eigenvalue weighted by Gasteiger charge is 2.79. The van der Waals surface area contributed by atoms with Crippen molar-refractivity contribution in [2.75, 3.05) is 6.61 Å². The van der Waals surface area contributed by atoms with Crippen molar-refractivity contribution < 1.29 is 24.2 Å². The van der Waals surface area contributed by atoms with E-state index in [0.29, 0.717) is 25.8 Å². The second kappa shape index (κ2) is 11.2. The van der Waals surface area contributed by atoms with Gasteiger partial charge in [0.1, 0.15) is 11.6 Å². The van der Waals surface area contributed by atoms with Crippen LogP contribution in [0.4, 0.5) is 0 Å². The van der Waals surface area contributed by atoms with Crippen LogP contribution in [-0.2, 0) is 25.7 Å². The minimum absolute atomic E-state index is 0.0525. The van der Waals surface area contributed by atoms with Crippen molar-refractivity contribution in [3.05, 3.63) is 71.8 Å². The van der Waals surface area contributed by atoms with Crippen molar-refractivity contribution in [3.63, 3.8) is 0 Å². The number of carbonyl (C=O) groups is 3. The number of rotatable bonds is 9. The molecule has 41 heavy (non-hydrogen) atoms. The second-order valence-corrected chi connectivity index (χ2v) is 12.2. The Bertz CT molecular complexity index is 1270. The topological polar surface area (TPSA) is 108 Å². The third kappa shape index (κ3) is 4.65. The Morgan fingerprint density at radius 2 is 1.68 bits per heavy atom. The summed E-state index contributed by atoms with van der Waals surface area (Å²) in [6, 6.07) is 17.4. The number of fused-ring (bicyclic) bond motifs is 1. The van der Waals surface area contributed by atoms with Crippen LogP contribution >= 0.6 is 0 Å². The normalized spacial score (nSPS) is 31.6. The Balaban J connectivity index is 1.38. The number of aliphatic hydroxyl groups excluding tert-OH is 1. The predicted molar refractivity (Wildman–Crippen MR) is 153 cm³/mol. The summed E-state index contributed by atoms with van der Waals surface area (Å²) >= 11 is 0. The van der Waals surface area contributed by atoms with E-state index < -0.39 is 35.1 Å². The quantitative estimate of drug-likeness (QED) is 0.435. The molecule has 2 aromatic carbocycles.